The smallest absolute Gasteiger partial charge is 0.246 e. The summed E-state index contributed by atoms with van der Waals surface area (Å²) in [7, 11) is 0. The molecule has 0 saturated carbocycles. The molecule has 0 aromatic heterocycles. The van der Waals surface area contributed by atoms with E-state index in [1.165, 1.54) is 6.07 Å². The van der Waals surface area contributed by atoms with E-state index in [0.29, 0.717) is 12.0 Å². The lowest BCUT2D eigenvalue weighted by atomic mass is 9.87. The predicted molar refractivity (Wildman–Crippen MR) is 57.3 cm³/mol. The Morgan fingerprint density at radius 2 is 2.38 bits per heavy atom. The largest absolute Gasteiger partial charge is 0.387 e. The highest BCUT2D eigenvalue weighted by atomic mass is 19.1. The highest BCUT2D eigenvalue weighted by Gasteiger charge is 2.23. The van der Waals surface area contributed by atoms with Crippen LogP contribution in [0, 0.1) is 5.82 Å². The van der Waals surface area contributed by atoms with Crippen molar-refractivity contribution in [2.75, 3.05) is 6.61 Å². The molecule has 0 spiro atoms. The average Bonchev–Trinajstić information content (AvgIpc) is 2.30. The van der Waals surface area contributed by atoms with Crippen molar-refractivity contribution in [3.05, 3.63) is 35.1 Å². The van der Waals surface area contributed by atoms with Gasteiger partial charge < -0.3 is 10.4 Å². The van der Waals surface area contributed by atoms with Gasteiger partial charge in [-0.2, -0.15) is 0 Å². The van der Waals surface area contributed by atoms with Gasteiger partial charge in [0.25, 0.3) is 0 Å². The molecule has 16 heavy (non-hydrogen) atoms. The normalized spacial score (nSPS) is 19.0. The summed E-state index contributed by atoms with van der Waals surface area (Å²) in [6, 6.07) is 4.76. The molecule has 0 bridgehead atoms. The van der Waals surface area contributed by atoms with Crippen molar-refractivity contribution in [1.29, 1.82) is 0 Å². The van der Waals surface area contributed by atoms with Crippen LogP contribution in [-0.2, 0) is 11.2 Å². The lowest BCUT2D eigenvalue weighted by Crippen LogP contribution is -2.33. The molecule has 1 aromatic rings. The third-order valence-corrected chi connectivity index (χ3v) is 2.93. The molecule has 1 amide bonds. The van der Waals surface area contributed by atoms with Gasteiger partial charge in [0.05, 0.1) is 6.04 Å². The number of aliphatic hydroxyl groups excluding tert-OH is 1. The number of carbonyl (C=O) groups excluding carboxylic acids is 1. The molecule has 0 saturated heterocycles. The van der Waals surface area contributed by atoms with E-state index in [-0.39, 0.29) is 11.9 Å². The molecule has 3 nitrogen and oxygen atoms in total. The van der Waals surface area contributed by atoms with Crippen LogP contribution in [0.3, 0.4) is 0 Å². The van der Waals surface area contributed by atoms with Gasteiger partial charge in [-0.3, -0.25) is 4.79 Å². The van der Waals surface area contributed by atoms with E-state index in [9.17, 15) is 9.18 Å². The third kappa shape index (κ3) is 2.07. The Morgan fingerprint density at radius 1 is 1.56 bits per heavy atom. The van der Waals surface area contributed by atoms with Gasteiger partial charge in [0.2, 0.25) is 5.91 Å². The minimum absolute atomic E-state index is 0.168. The van der Waals surface area contributed by atoms with Crippen molar-refractivity contribution in [2.24, 2.45) is 0 Å². The van der Waals surface area contributed by atoms with E-state index in [2.05, 4.69) is 5.32 Å². The van der Waals surface area contributed by atoms with E-state index < -0.39 is 12.5 Å². The van der Waals surface area contributed by atoms with Crippen LogP contribution in [0.1, 0.15) is 30.0 Å². The topological polar surface area (TPSA) is 49.3 Å². The van der Waals surface area contributed by atoms with Gasteiger partial charge in [0.1, 0.15) is 12.4 Å². The number of halogens is 1. The van der Waals surface area contributed by atoms with E-state index in [0.717, 1.165) is 18.4 Å². The molecule has 0 heterocycles. The van der Waals surface area contributed by atoms with Crippen molar-refractivity contribution < 1.29 is 14.3 Å². The lowest BCUT2D eigenvalue weighted by Gasteiger charge is -2.26. The van der Waals surface area contributed by atoms with E-state index in [1.54, 1.807) is 6.07 Å². The van der Waals surface area contributed by atoms with E-state index in [1.807, 2.05) is 6.07 Å². The summed E-state index contributed by atoms with van der Waals surface area (Å²) in [5, 5.41) is 11.4. The van der Waals surface area contributed by atoms with E-state index in [4.69, 9.17) is 5.11 Å². The number of carbonyl (C=O) groups is 1. The van der Waals surface area contributed by atoms with E-state index >= 15 is 0 Å². The van der Waals surface area contributed by atoms with Crippen LogP contribution in [0.25, 0.3) is 0 Å². The van der Waals surface area contributed by atoms with Gasteiger partial charge in [-0.15, -0.1) is 0 Å². The maximum absolute atomic E-state index is 13.5. The fraction of sp³-hybridized carbons (Fsp3) is 0.417. The first-order valence-electron chi connectivity index (χ1n) is 5.40. The summed E-state index contributed by atoms with van der Waals surface area (Å²) in [5.74, 6) is -0.623. The molecule has 1 aliphatic rings. The highest BCUT2D eigenvalue weighted by Crippen LogP contribution is 2.30. The van der Waals surface area contributed by atoms with Crippen LogP contribution in [-0.4, -0.2) is 17.6 Å². The lowest BCUT2D eigenvalue weighted by molar-refractivity contribution is -0.124. The molecule has 2 N–H and O–H groups in total. The zero-order valence-electron chi connectivity index (χ0n) is 8.87. The Morgan fingerprint density at radius 3 is 3.12 bits per heavy atom. The average molecular weight is 223 g/mol. The van der Waals surface area contributed by atoms with Crippen LogP contribution >= 0.6 is 0 Å². The maximum Gasteiger partial charge on any atom is 0.246 e. The molecule has 1 atom stereocenters. The molecule has 0 radical (unpaired) electrons. The molecular formula is C12H14FNO2. The first-order valence-corrected chi connectivity index (χ1v) is 5.40. The fourth-order valence-corrected chi connectivity index (χ4v) is 2.19. The third-order valence-electron chi connectivity index (χ3n) is 2.93. The summed E-state index contributed by atoms with van der Waals surface area (Å²) in [6.45, 7) is -0.527. The Bertz CT molecular complexity index is 406. The molecule has 86 valence electrons. The fourth-order valence-electron chi connectivity index (χ4n) is 2.19. The SMILES string of the molecule is O=C(CO)N[C@@H]1CCCc2c(F)cccc21. The Balaban J connectivity index is 2.26. The zero-order valence-corrected chi connectivity index (χ0v) is 8.87. The second kappa shape index (κ2) is 4.61. The van der Waals surface area contributed by atoms with Crippen molar-refractivity contribution in [1.82, 2.24) is 5.32 Å². The van der Waals surface area contributed by atoms with Crippen LogP contribution in [0.4, 0.5) is 4.39 Å². The van der Waals surface area contributed by atoms with Gasteiger partial charge in [-0.25, -0.2) is 4.39 Å². The number of hydrogen-bond donors (Lipinski definition) is 2. The summed E-state index contributed by atoms with van der Waals surface area (Å²) in [5.41, 5.74) is 1.53. The Hall–Kier alpha value is -1.42. The summed E-state index contributed by atoms with van der Waals surface area (Å²) >= 11 is 0. The van der Waals surface area contributed by atoms with Crippen LogP contribution < -0.4 is 5.32 Å². The number of nitrogens with one attached hydrogen (secondary N) is 1. The minimum atomic E-state index is -0.527. The molecular weight excluding hydrogens is 209 g/mol. The minimum Gasteiger partial charge on any atom is -0.387 e. The summed E-state index contributed by atoms with van der Waals surface area (Å²) in [6.07, 6.45) is 2.36. The van der Waals surface area contributed by atoms with Gasteiger partial charge in [0, 0.05) is 0 Å². The molecule has 0 unspecified atom stereocenters. The molecule has 1 aliphatic carbocycles. The maximum atomic E-state index is 13.5. The molecule has 2 rings (SSSR count). The Kier molecular flexibility index (Phi) is 3.19. The van der Waals surface area contributed by atoms with Crippen molar-refractivity contribution >= 4 is 5.91 Å². The number of amides is 1. The predicted octanol–water partition coefficient (Wildman–Crippen LogP) is 1.31. The van der Waals surface area contributed by atoms with Crippen molar-refractivity contribution in [3.63, 3.8) is 0 Å². The Labute approximate surface area is 93.3 Å². The number of fused-ring (bicyclic) bond motifs is 1. The van der Waals surface area contributed by atoms with Gasteiger partial charge >= 0.3 is 0 Å². The number of benzene rings is 1. The van der Waals surface area contributed by atoms with Crippen LogP contribution in [0.2, 0.25) is 0 Å². The molecule has 0 aliphatic heterocycles. The number of hydrogen-bond acceptors (Lipinski definition) is 2. The van der Waals surface area contributed by atoms with Crippen molar-refractivity contribution in [3.8, 4) is 0 Å². The summed E-state index contributed by atoms with van der Waals surface area (Å²) in [4.78, 5) is 11.1. The second-order valence-electron chi connectivity index (χ2n) is 3.98. The molecule has 0 fully saturated rings. The quantitative estimate of drug-likeness (QED) is 0.794. The first kappa shape index (κ1) is 11.1. The molecule has 4 heteroatoms. The van der Waals surface area contributed by atoms with Gasteiger partial charge in [-0.05, 0) is 36.5 Å². The summed E-state index contributed by atoms with van der Waals surface area (Å²) < 4.78 is 13.5. The highest BCUT2D eigenvalue weighted by molar-refractivity contribution is 5.77. The molecule has 1 aromatic carbocycles. The van der Waals surface area contributed by atoms with Crippen molar-refractivity contribution in [2.45, 2.75) is 25.3 Å². The van der Waals surface area contributed by atoms with Crippen LogP contribution in [0.15, 0.2) is 18.2 Å². The standard InChI is InChI=1S/C12H14FNO2/c13-10-5-1-4-9-8(10)3-2-6-11(9)14-12(16)7-15/h1,4-5,11,15H,2-3,6-7H2,(H,14,16)/t11-/m1/s1. The number of rotatable bonds is 2. The van der Waals surface area contributed by atoms with Gasteiger partial charge in [-0.1, -0.05) is 12.1 Å². The number of aliphatic hydroxyl groups is 1. The van der Waals surface area contributed by atoms with Crippen LogP contribution in [0.5, 0.6) is 0 Å². The second-order valence-corrected chi connectivity index (χ2v) is 3.98. The first-order chi connectivity index (χ1) is 7.72. The monoisotopic (exact) mass is 223 g/mol. The zero-order chi connectivity index (χ0) is 11.5. The van der Waals surface area contributed by atoms with Gasteiger partial charge in [0.15, 0.2) is 0 Å².